The summed E-state index contributed by atoms with van der Waals surface area (Å²) in [4.78, 5) is 26.7. The molecular formula is C20H22N2O3. The lowest BCUT2D eigenvalue weighted by atomic mass is 10.0. The molecule has 130 valence electrons. The van der Waals surface area contributed by atoms with Gasteiger partial charge in [0.1, 0.15) is 5.75 Å². The summed E-state index contributed by atoms with van der Waals surface area (Å²) in [5, 5.41) is 3.05. The predicted octanol–water partition coefficient (Wildman–Crippen LogP) is 2.73. The van der Waals surface area contributed by atoms with Crippen LogP contribution in [0.3, 0.4) is 0 Å². The Balaban J connectivity index is 1.54. The minimum absolute atomic E-state index is 0.0539. The fourth-order valence-corrected chi connectivity index (χ4v) is 3.02. The zero-order valence-electron chi connectivity index (χ0n) is 14.3. The molecule has 1 N–H and O–H groups in total. The largest absolute Gasteiger partial charge is 0.497 e. The lowest BCUT2D eigenvalue weighted by Gasteiger charge is -2.32. The smallest absolute Gasteiger partial charge is 0.253 e. The number of rotatable bonds is 4. The molecule has 0 saturated carbocycles. The summed E-state index contributed by atoms with van der Waals surface area (Å²) in [6.45, 7) is 1.30. The highest BCUT2D eigenvalue weighted by molar-refractivity contribution is 5.95. The van der Waals surface area contributed by atoms with Gasteiger partial charge < -0.3 is 15.0 Å². The van der Waals surface area contributed by atoms with Crippen LogP contribution >= 0.6 is 0 Å². The first-order valence-corrected chi connectivity index (χ1v) is 8.46. The van der Waals surface area contributed by atoms with Gasteiger partial charge in [-0.15, -0.1) is 0 Å². The van der Waals surface area contributed by atoms with Gasteiger partial charge in [-0.25, -0.2) is 0 Å². The standard InChI is InChI=1S/C20H22N2O3/c1-25-18-9-5-8-16(14-18)19(23)21-17-10-12-22(13-11-17)20(24)15-6-3-2-4-7-15/h2-9,14,17H,10-13H2,1H3,(H,21,23). The van der Waals surface area contributed by atoms with Crippen molar-refractivity contribution >= 4 is 11.8 Å². The molecule has 1 aliphatic rings. The normalized spacial score (nSPS) is 14.8. The minimum atomic E-state index is -0.105. The van der Waals surface area contributed by atoms with E-state index in [1.165, 1.54) is 0 Å². The lowest BCUT2D eigenvalue weighted by molar-refractivity contribution is 0.0698. The number of likely N-dealkylation sites (tertiary alicyclic amines) is 1. The van der Waals surface area contributed by atoms with Crippen molar-refractivity contribution in [2.75, 3.05) is 20.2 Å². The SMILES string of the molecule is COc1cccc(C(=O)NC2CCN(C(=O)c3ccccc3)CC2)c1. The average Bonchev–Trinajstić information content (AvgIpc) is 2.68. The van der Waals surface area contributed by atoms with Gasteiger partial charge in [0.15, 0.2) is 0 Å². The summed E-state index contributed by atoms with van der Waals surface area (Å²) >= 11 is 0. The van der Waals surface area contributed by atoms with Crippen LogP contribution in [0, 0.1) is 0 Å². The molecule has 0 unspecified atom stereocenters. The van der Waals surface area contributed by atoms with E-state index in [1.807, 2.05) is 41.3 Å². The van der Waals surface area contributed by atoms with Crippen LogP contribution in [0.1, 0.15) is 33.6 Å². The first-order valence-electron chi connectivity index (χ1n) is 8.46. The first-order chi connectivity index (χ1) is 12.2. The van der Waals surface area contributed by atoms with Crippen molar-refractivity contribution in [1.29, 1.82) is 0 Å². The molecule has 5 nitrogen and oxygen atoms in total. The lowest BCUT2D eigenvalue weighted by Crippen LogP contribution is -2.46. The summed E-state index contributed by atoms with van der Waals surface area (Å²) in [6, 6.07) is 16.5. The quantitative estimate of drug-likeness (QED) is 0.932. The summed E-state index contributed by atoms with van der Waals surface area (Å²) in [6.07, 6.45) is 1.52. The van der Waals surface area contributed by atoms with E-state index in [0.717, 1.165) is 12.8 Å². The van der Waals surface area contributed by atoms with Gasteiger partial charge in [-0.2, -0.15) is 0 Å². The first kappa shape index (κ1) is 17.0. The molecular weight excluding hydrogens is 316 g/mol. The van der Waals surface area contributed by atoms with Crippen LogP contribution in [0.25, 0.3) is 0 Å². The van der Waals surface area contributed by atoms with Gasteiger partial charge in [-0.3, -0.25) is 9.59 Å². The van der Waals surface area contributed by atoms with Gasteiger partial charge in [0.2, 0.25) is 0 Å². The number of nitrogens with zero attached hydrogens (tertiary/aromatic N) is 1. The highest BCUT2D eigenvalue weighted by atomic mass is 16.5. The van der Waals surface area contributed by atoms with E-state index in [4.69, 9.17) is 4.74 Å². The minimum Gasteiger partial charge on any atom is -0.497 e. The van der Waals surface area contributed by atoms with Crippen LogP contribution in [0.4, 0.5) is 0 Å². The molecule has 1 heterocycles. The molecule has 0 radical (unpaired) electrons. The van der Waals surface area contributed by atoms with Crippen molar-refractivity contribution in [1.82, 2.24) is 10.2 Å². The number of hydrogen-bond acceptors (Lipinski definition) is 3. The Morgan fingerprint density at radius 3 is 2.36 bits per heavy atom. The van der Waals surface area contributed by atoms with Gasteiger partial charge >= 0.3 is 0 Å². The molecule has 3 rings (SSSR count). The second-order valence-corrected chi connectivity index (χ2v) is 6.14. The van der Waals surface area contributed by atoms with Gasteiger partial charge in [0, 0.05) is 30.3 Å². The number of carbonyl (C=O) groups is 2. The molecule has 0 atom stereocenters. The Hall–Kier alpha value is -2.82. The Morgan fingerprint density at radius 2 is 1.68 bits per heavy atom. The molecule has 1 aliphatic heterocycles. The third-order valence-corrected chi connectivity index (χ3v) is 4.47. The number of methoxy groups -OCH3 is 1. The van der Waals surface area contributed by atoms with Crippen LogP contribution in [0.15, 0.2) is 54.6 Å². The zero-order valence-corrected chi connectivity index (χ0v) is 14.3. The van der Waals surface area contributed by atoms with E-state index in [9.17, 15) is 9.59 Å². The van der Waals surface area contributed by atoms with E-state index in [1.54, 1.807) is 25.3 Å². The van der Waals surface area contributed by atoms with Gasteiger partial charge in [0.25, 0.3) is 11.8 Å². The molecule has 25 heavy (non-hydrogen) atoms. The van der Waals surface area contributed by atoms with Gasteiger partial charge in [0.05, 0.1) is 7.11 Å². The maximum Gasteiger partial charge on any atom is 0.253 e. The van der Waals surface area contributed by atoms with Crippen LogP contribution in [0.2, 0.25) is 0 Å². The fraction of sp³-hybridized carbons (Fsp3) is 0.300. The molecule has 1 fully saturated rings. The average molecular weight is 338 g/mol. The molecule has 0 aromatic heterocycles. The van der Waals surface area contributed by atoms with Crippen LogP contribution < -0.4 is 10.1 Å². The van der Waals surface area contributed by atoms with Crippen LogP contribution in [-0.2, 0) is 0 Å². The van der Waals surface area contributed by atoms with Crippen molar-refractivity contribution in [3.05, 3.63) is 65.7 Å². The van der Waals surface area contributed by atoms with Crippen molar-refractivity contribution in [3.8, 4) is 5.75 Å². The number of carbonyl (C=O) groups excluding carboxylic acids is 2. The third kappa shape index (κ3) is 4.18. The molecule has 2 aromatic rings. The predicted molar refractivity (Wildman–Crippen MR) is 95.8 cm³/mol. The van der Waals surface area contributed by atoms with E-state index >= 15 is 0 Å². The van der Waals surface area contributed by atoms with Gasteiger partial charge in [-0.1, -0.05) is 24.3 Å². The van der Waals surface area contributed by atoms with E-state index < -0.39 is 0 Å². The Labute approximate surface area is 147 Å². The topological polar surface area (TPSA) is 58.6 Å². The van der Waals surface area contributed by atoms with Gasteiger partial charge in [-0.05, 0) is 43.2 Å². The van der Waals surface area contributed by atoms with E-state index in [-0.39, 0.29) is 17.9 Å². The summed E-state index contributed by atoms with van der Waals surface area (Å²) < 4.78 is 5.15. The number of nitrogens with one attached hydrogen (secondary N) is 1. The molecule has 0 aliphatic carbocycles. The molecule has 5 heteroatoms. The van der Waals surface area contributed by atoms with Crippen molar-refractivity contribution in [2.24, 2.45) is 0 Å². The van der Waals surface area contributed by atoms with Crippen molar-refractivity contribution in [2.45, 2.75) is 18.9 Å². The summed E-state index contributed by atoms with van der Waals surface area (Å²) in [7, 11) is 1.58. The van der Waals surface area contributed by atoms with E-state index in [2.05, 4.69) is 5.32 Å². The van der Waals surface area contributed by atoms with Crippen molar-refractivity contribution < 1.29 is 14.3 Å². The molecule has 0 bridgehead atoms. The molecule has 2 aromatic carbocycles. The number of benzene rings is 2. The van der Waals surface area contributed by atoms with Crippen LogP contribution in [-0.4, -0.2) is 43.0 Å². The fourth-order valence-electron chi connectivity index (χ4n) is 3.02. The molecule has 1 saturated heterocycles. The number of amides is 2. The summed E-state index contributed by atoms with van der Waals surface area (Å²) in [5.74, 6) is 0.612. The Bertz CT molecular complexity index is 738. The Morgan fingerprint density at radius 1 is 1.00 bits per heavy atom. The third-order valence-electron chi connectivity index (χ3n) is 4.47. The Kier molecular flexibility index (Phi) is 5.33. The second kappa shape index (κ2) is 7.83. The maximum atomic E-state index is 12.4. The summed E-state index contributed by atoms with van der Waals surface area (Å²) in [5.41, 5.74) is 1.29. The molecule has 2 amide bonds. The molecule has 0 spiro atoms. The number of ether oxygens (including phenoxy) is 1. The second-order valence-electron chi connectivity index (χ2n) is 6.14. The zero-order chi connectivity index (χ0) is 17.6. The highest BCUT2D eigenvalue weighted by Gasteiger charge is 2.24. The monoisotopic (exact) mass is 338 g/mol. The highest BCUT2D eigenvalue weighted by Crippen LogP contribution is 2.16. The van der Waals surface area contributed by atoms with E-state index in [0.29, 0.717) is 30.0 Å². The van der Waals surface area contributed by atoms with Crippen molar-refractivity contribution in [3.63, 3.8) is 0 Å². The number of hydrogen-bond donors (Lipinski definition) is 1. The van der Waals surface area contributed by atoms with Crippen LogP contribution in [0.5, 0.6) is 5.75 Å². The maximum absolute atomic E-state index is 12.4. The number of piperidine rings is 1.